The first kappa shape index (κ1) is 20.0. The smallest absolute Gasteiger partial charge is 0.191 e. The van der Waals surface area contributed by atoms with Crippen molar-refractivity contribution in [2.45, 2.75) is 45.7 Å². The van der Waals surface area contributed by atoms with Crippen molar-refractivity contribution in [3.63, 3.8) is 0 Å². The molecule has 8 heteroatoms. The number of hydrogen-bond donors (Lipinski definition) is 2. The molecule has 0 saturated heterocycles. The zero-order valence-electron chi connectivity index (χ0n) is 16.9. The zero-order chi connectivity index (χ0) is 19.8. The fraction of sp³-hybridized carbons (Fsp3) is 0.550. The maximum Gasteiger partial charge on any atom is 0.191 e. The third-order valence-corrected chi connectivity index (χ3v) is 4.52. The van der Waals surface area contributed by atoms with E-state index in [4.69, 9.17) is 9.47 Å². The maximum atomic E-state index is 5.78. The largest absolute Gasteiger partial charge is 0.497 e. The molecule has 8 nitrogen and oxygen atoms in total. The van der Waals surface area contributed by atoms with Crippen LogP contribution in [-0.2, 0) is 6.54 Å². The normalized spacial score (nSPS) is 16.4. The lowest BCUT2D eigenvalue weighted by Gasteiger charge is -2.25. The number of aliphatic imine (C=N–C) groups is 1. The number of aromatic nitrogens is 3. The number of hydrogen-bond acceptors (Lipinski definition) is 5. The van der Waals surface area contributed by atoms with Gasteiger partial charge in [0.15, 0.2) is 5.96 Å². The van der Waals surface area contributed by atoms with Gasteiger partial charge in [-0.15, -0.1) is 0 Å². The monoisotopic (exact) mass is 386 g/mol. The van der Waals surface area contributed by atoms with Crippen LogP contribution in [0.15, 0.2) is 29.3 Å². The molecule has 1 atom stereocenters. The lowest BCUT2D eigenvalue weighted by molar-refractivity contribution is 0.311. The Morgan fingerprint density at radius 3 is 3.04 bits per heavy atom. The molecule has 1 unspecified atom stereocenters. The van der Waals surface area contributed by atoms with Crippen molar-refractivity contribution in [3.8, 4) is 11.5 Å². The number of ether oxygens (including phenoxy) is 2. The molecule has 2 N–H and O–H groups in total. The predicted molar refractivity (Wildman–Crippen MR) is 109 cm³/mol. The van der Waals surface area contributed by atoms with Gasteiger partial charge >= 0.3 is 0 Å². The van der Waals surface area contributed by atoms with Gasteiger partial charge in [0.05, 0.1) is 19.8 Å². The van der Waals surface area contributed by atoms with Gasteiger partial charge in [-0.05, 0) is 38.8 Å². The van der Waals surface area contributed by atoms with Crippen LogP contribution in [0, 0.1) is 6.92 Å². The van der Waals surface area contributed by atoms with E-state index in [0.717, 1.165) is 61.5 Å². The van der Waals surface area contributed by atoms with E-state index in [1.807, 2.05) is 35.9 Å². The van der Waals surface area contributed by atoms with Crippen LogP contribution in [0.5, 0.6) is 11.5 Å². The minimum absolute atomic E-state index is 0.140. The van der Waals surface area contributed by atoms with E-state index in [-0.39, 0.29) is 6.04 Å². The molecule has 0 fully saturated rings. The van der Waals surface area contributed by atoms with Crippen molar-refractivity contribution in [1.29, 1.82) is 0 Å². The Labute approximate surface area is 166 Å². The molecule has 0 aliphatic carbocycles. The SMILES string of the molecule is CCNC(=NCCCOc1cccc(OC)c1)NC1CCCn2nc(C)nc21. The minimum Gasteiger partial charge on any atom is -0.497 e. The number of rotatable bonds is 8. The van der Waals surface area contributed by atoms with Crippen LogP contribution in [-0.4, -0.2) is 47.5 Å². The molecule has 1 aliphatic heterocycles. The second kappa shape index (κ2) is 9.96. The molecule has 28 heavy (non-hydrogen) atoms. The molecule has 1 aliphatic rings. The van der Waals surface area contributed by atoms with Gasteiger partial charge in [0.25, 0.3) is 0 Å². The number of benzene rings is 1. The van der Waals surface area contributed by atoms with Crippen LogP contribution in [0.1, 0.15) is 43.9 Å². The lowest BCUT2D eigenvalue weighted by atomic mass is 10.1. The van der Waals surface area contributed by atoms with Gasteiger partial charge in [0.2, 0.25) is 0 Å². The van der Waals surface area contributed by atoms with Gasteiger partial charge in [0, 0.05) is 32.1 Å². The Kier molecular flexibility index (Phi) is 7.11. The number of guanidine groups is 1. The Morgan fingerprint density at radius 1 is 1.36 bits per heavy atom. The summed E-state index contributed by atoms with van der Waals surface area (Å²) in [6.07, 6.45) is 2.94. The van der Waals surface area contributed by atoms with Crippen LogP contribution in [0.3, 0.4) is 0 Å². The third kappa shape index (κ3) is 5.37. The fourth-order valence-corrected chi connectivity index (χ4v) is 3.23. The topological polar surface area (TPSA) is 85.6 Å². The van der Waals surface area contributed by atoms with Gasteiger partial charge in [-0.1, -0.05) is 6.07 Å². The Balaban J connectivity index is 1.50. The average molecular weight is 387 g/mol. The molecular weight excluding hydrogens is 356 g/mol. The molecular formula is C20H30N6O2. The van der Waals surface area contributed by atoms with E-state index < -0.39 is 0 Å². The standard InChI is InChI=1S/C20H30N6O2/c1-4-21-20(24-18-10-6-12-26-19(18)23-15(2)25-26)22-11-7-13-28-17-9-5-8-16(14-17)27-3/h5,8-9,14,18H,4,6-7,10-13H2,1-3H3,(H2,21,22,24). The highest BCUT2D eigenvalue weighted by atomic mass is 16.5. The summed E-state index contributed by atoms with van der Waals surface area (Å²) in [6, 6.07) is 7.78. The van der Waals surface area contributed by atoms with Crippen molar-refractivity contribution in [2.75, 3.05) is 26.8 Å². The van der Waals surface area contributed by atoms with Crippen LogP contribution in [0.4, 0.5) is 0 Å². The number of fused-ring (bicyclic) bond motifs is 1. The van der Waals surface area contributed by atoms with Gasteiger partial charge in [-0.2, -0.15) is 5.10 Å². The van der Waals surface area contributed by atoms with Crippen LogP contribution >= 0.6 is 0 Å². The number of nitrogens with zero attached hydrogens (tertiary/aromatic N) is 4. The van der Waals surface area contributed by atoms with Crippen molar-refractivity contribution in [1.82, 2.24) is 25.4 Å². The van der Waals surface area contributed by atoms with E-state index in [1.54, 1.807) is 7.11 Å². The second-order valence-corrected chi connectivity index (χ2v) is 6.72. The number of methoxy groups -OCH3 is 1. The Bertz CT molecular complexity index is 789. The van der Waals surface area contributed by atoms with E-state index in [1.165, 1.54) is 0 Å². The third-order valence-electron chi connectivity index (χ3n) is 4.52. The summed E-state index contributed by atoms with van der Waals surface area (Å²) in [5, 5.41) is 11.3. The summed E-state index contributed by atoms with van der Waals surface area (Å²) in [6.45, 7) is 7.03. The Morgan fingerprint density at radius 2 is 2.21 bits per heavy atom. The van der Waals surface area contributed by atoms with E-state index in [0.29, 0.717) is 13.2 Å². The first-order valence-corrected chi connectivity index (χ1v) is 9.92. The number of aryl methyl sites for hydroxylation is 2. The molecule has 0 amide bonds. The second-order valence-electron chi connectivity index (χ2n) is 6.72. The highest BCUT2D eigenvalue weighted by molar-refractivity contribution is 5.80. The fourth-order valence-electron chi connectivity index (χ4n) is 3.23. The van der Waals surface area contributed by atoms with Gasteiger partial charge in [-0.3, -0.25) is 4.99 Å². The molecule has 1 aromatic heterocycles. The molecule has 0 saturated carbocycles. The van der Waals surface area contributed by atoms with Crippen LogP contribution in [0.2, 0.25) is 0 Å². The van der Waals surface area contributed by atoms with Gasteiger partial charge in [0.1, 0.15) is 23.1 Å². The predicted octanol–water partition coefficient (Wildman–Crippen LogP) is 2.45. The molecule has 152 valence electrons. The summed E-state index contributed by atoms with van der Waals surface area (Å²) in [4.78, 5) is 9.26. The van der Waals surface area contributed by atoms with Gasteiger partial charge < -0.3 is 20.1 Å². The summed E-state index contributed by atoms with van der Waals surface area (Å²) < 4.78 is 13.0. The first-order chi connectivity index (χ1) is 13.7. The van der Waals surface area contributed by atoms with E-state index >= 15 is 0 Å². The molecule has 0 radical (unpaired) electrons. The van der Waals surface area contributed by atoms with Crippen molar-refractivity contribution in [3.05, 3.63) is 35.9 Å². The number of nitrogens with one attached hydrogen (secondary N) is 2. The van der Waals surface area contributed by atoms with E-state index in [9.17, 15) is 0 Å². The minimum atomic E-state index is 0.140. The van der Waals surface area contributed by atoms with Crippen LogP contribution < -0.4 is 20.1 Å². The summed E-state index contributed by atoms with van der Waals surface area (Å²) in [7, 11) is 1.65. The summed E-state index contributed by atoms with van der Waals surface area (Å²) >= 11 is 0. The highest BCUT2D eigenvalue weighted by Crippen LogP contribution is 2.23. The molecule has 2 heterocycles. The quantitative estimate of drug-likeness (QED) is 0.412. The summed E-state index contributed by atoms with van der Waals surface area (Å²) in [5.74, 6) is 4.23. The zero-order valence-corrected chi connectivity index (χ0v) is 16.9. The molecule has 0 spiro atoms. The van der Waals surface area contributed by atoms with Crippen molar-refractivity contribution in [2.24, 2.45) is 4.99 Å². The maximum absolute atomic E-state index is 5.78. The molecule has 2 aromatic rings. The first-order valence-electron chi connectivity index (χ1n) is 9.92. The van der Waals surface area contributed by atoms with Crippen LogP contribution in [0.25, 0.3) is 0 Å². The van der Waals surface area contributed by atoms with Crippen molar-refractivity contribution >= 4 is 5.96 Å². The lowest BCUT2D eigenvalue weighted by Crippen LogP contribution is -2.41. The molecule has 1 aromatic carbocycles. The Hall–Kier alpha value is -2.77. The highest BCUT2D eigenvalue weighted by Gasteiger charge is 2.24. The van der Waals surface area contributed by atoms with Gasteiger partial charge in [-0.25, -0.2) is 9.67 Å². The van der Waals surface area contributed by atoms with Crippen molar-refractivity contribution < 1.29 is 9.47 Å². The van der Waals surface area contributed by atoms with E-state index in [2.05, 4.69) is 32.6 Å². The molecule has 0 bridgehead atoms. The summed E-state index contributed by atoms with van der Waals surface area (Å²) in [5.41, 5.74) is 0. The average Bonchev–Trinajstić information content (AvgIpc) is 3.09. The molecule has 3 rings (SSSR count).